The molecule has 0 aliphatic carbocycles. The third-order valence-electron chi connectivity index (χ3n) is 2.84. The second-order valence-corrected chi connectivity index (χ2v) is 4.42. The summed E-state index contributed by atoms with van der Waals surface area (Å²) in [5, 5.41) is 4.85. The van der Waals surface area contributed by atoms with Crippen molar-refractivity contribution in [3.05, 3.63) is 28.3 Å². The topological polar surface area (TPSA) is 43.6 Å². The van der Waals surface area contributed by atoms with E-state index in [-0.39, 0.29) is 0 Å². The van der Waals surface area contributed by atoms with Gasteiger partial charge in [-0.1, -0.05) is 18.5 Å². The summed E-state index contributed by atoms with van der Waals surface area (Å²) in [6, 6.07) is 1.80. The van der Waals surface area contributed by atoms with Gasteiger partial charge in [0.15, 0.2) is 5.82 Å². The van der Waals surface area contributed by atoms with Gasteiger partial charge >= 0.3 is 0 Å². The van der Waals surface area contributed by atoms with Gasteiger partial charge in [-0.05, 0) is 26.3 Å². The number of aromatic nitrogens is 4. The maximum absolute atomic E-state index is 6.01. The molecule has 0 aliphatic rings. The van der Waals surface area contributed by atoms with Crippen LogP contribution in [-0.2, 0) is 13.5 Å². The van der Waals surface area contributed by atoms with Gasteiger partial charge in [0, 0.05) is 18.4 Å². The van der Waals surface area contributed by atoms with E-state index in [4.69, 9.17) is 11.6 Å². The van der Waals surface area contributed by atoms with Gasteiger partial charge in [-0.15, -0.1) is 0 Å². The highest BCUT2D eigenvalue weighted by molar-refractivity contribution is 6.29. The van der Waals surface area contributed by atoms with E-state index >= 15 is 0 Å². The van der Waals surface area contributed by atoms with Crippen molar-refractivity contribution < 1.29 is 0 Å². The molecule has 90 valence electrons. The van der Waals surface area contributed by atoms with Crippen LogP contribution in [0.3, 0.4) is 0 Å². The molecule has 0 N–H and O–H groups in total. The van der Waals surface area contributed by atoms with Gasteiger partial charge in [0.25, 0.3) is 0 Å². The summed E-state index contributed by atoms with van der Waals surface area (Å²) in [5.41, 5.74) is 3.90. The molecule has 2 heterocycles. The van der Waals surface area contributed by atoms with E-state index in [2.05, 4.69) is 15.1 Å². The molecule has 2 aromatic rings. The van der Waals surface area contributed by atoms with Crippen molar-refractivity contribution in [1.29, 1.82) is 0 Å². The predicted octanol–water partition coefficient (Wildman–Crippen LogP) is 2.71. The summed E-state index contributed by atoms with van der Waals surface area (Å²) >= 11 is 6.01. The summed E-state index contributed by atoms with van der Waals surface area (Å²) in [5.74, 6) is 0.664. The van der Waals surface area contributed by atoms with Gasteiger partial charge in [-0.3, -0.25) is 4.68 Å². The fourth-order valence-electron chi connectivity index (χ4n) is 1.85. The van der Waals surface area contributed by atoms with Crippen LogP contribution in [0.5, 0.6) is 0 Å². The van der Waals surface area contributed by atoms with Crippen molar-refractivity contribution in [1.82, 2.24) is 19.7 Å². The highest BCUT2D eigenvalue weighted by Crippen LogP contribution is 2.24. The summed E-state index contributed by atoms with van der Waals surface area (Å²) in [6.07, 6.45) is 0.841. The minimum Gasteiger partial charge on any atom is -0.272 e. The zero-order valence-electron chi connectivity index (χ0n) is 10.5. The number of rotatable bonds is 2. The standard InChI is InChI=1S/C12H15ClN4/c1-5-9-6-10(13)15-12(14-9)11-7(2)16-17(4)8(11)3/h6H,5H2,1-4H3. The molecule has 0 saturated heterocycles. The molecule has 17 heavy (non-hydrogen) atoms. The summed E-state index contributed by atoms with van der Waals surface area (Å²) < 4.78 is 1.83. The van der Waals surface area contributed by atoms with Crippen molar-refractivity contribution in [2.75, 3.05) is 0 Å². The summed E-state index contributed by atoms with van der Waals surface area (Å²) in [6.45, 7) is 6.01. The number of halogens is 1. The van der Waals surface area contributed by atoms with Crippen LogP contribution in [0.25, 0.3) is 11.4 Å². The fraction of sp³-hybridized carbons (Fsp3) is 0.417. The van der Waals surface area contributed by atoms with E-state index in [9.17, 15) is 0 Å². The van der Waals surface area contributed by atoms with Crippen molar-refractivity contribution >= 4 is 11.6 Å². The van der Waals surface area contributed by atoms with Crippen LogP contribution < -0.4 is 0 Å². The van der Waals surface area contributed by atoms with Crippen LogP contribution in [0, 0.1) is 13.8 Å². The van der Waals surface area contributed by atoms with Crippen LogP contribution in [-0.4, -0.2) is 19.7 Å². The Balaban J connectivity index is 2.63. The molecule has 0 saturated carbocycles. The molecule has 5 heteroatoms. The SMILES string of the molecule is CCc1cc(Cl)nc(-c2c(C)nn(C)c2C)n1. The molecule has 0 amide bonds. The zero-order valence-corrected chi connectivity index (χ0v) is 11.2. The molecule has 0 spiro atoms. The maximum atomic E-state index is 6.01. The molecular weight excluding hydrogens is 236 g/mol. The van der Waals surface area contributed by atoms with E-state index in [1.807, 2.05) is 32.5 Å². The first-order valence-corrected chi connectivity index (χ1v) is 5.94. The van der Waals surface area contributed by atoms with Gasteiger partial charge in [0.2, 0.25) is 0 Å². The lowest BCUT2D eigenvalue weighted by Crippen LogP contribution is -1.97. The summed E-state index contributed by atoms with van der Waals surface area (Å²) in [4.78, 5) is 8.80. The third-order valence-corrected chi connectivity index (χ3v) is 3.04. The van der Waals surface area contributed by atoms with Crippen LogP contribution >= 0.6 is 11.6 Å². The Morgan fingerprint density at radius 1 is 1.29 bits per heavy atom. The van der Waals surface area contributed by atoms with Gasteiger partial charge in [0.1, 0.15) is 5.15 Å². The summed E-state index contributed by atoms with van der Waals surface area (Å²) in [7, 11) is 1.91. The lowest BCUT2D eigenvalue weighted by molar-refractivity contribution is 0.731. The number of hydrogen-bond donors (Lipinski definition) is 0. The predicted molar refractivity (Wildman–Crippen MR) is 68.1 cm³/mol. The average Bonchev–Trinajstić information content (AvgIpc) is 2.52. The average molecular weight is 251 g/mol. The first-order valence-electron chi connectivity index (χ1n) is 5.57. The van der Waals surface area contributed by atoms with Crippen LogP contribution in [0.4, 0.5) is 0 Å². The molecule has 0 fully saturated rings. The van der Waals surface area contributed by atoms with Gasteiger partial charge < -0.3 is 0 Å². The molecular formula is C12H15ClN4. The molecule has 0 aliphatic heterocycles. The molecule has 0 bridgehead atoms. The van der Waals surface area contributed by atoms with Crippen LogP contribution in [0.15, 0.2) is 6.07 Å². The first kappa shape index (κ1) is 12.0. The Morgan fingerprint density at radius 3 is 2.53 bits per heavy atom. The highest BCUT2D eigenvalue weighted by Gasteiger charge is 2.15. The van der Waals surface area contributed by atoms with Crippen LogP contribution in [0.2, 0.25) is 5.15 Å². The Hall–Kier alpha value is -1.42. The monoisotopic (exact) mass is 250 g/mol. The van der Waals surface area contributed by atoms with Crippen molar-refractivity contribution in [3.63, 3.8) is 0 Å². The molecule has 4 nitrogen and oxygen atoms in total. The normalized spacial score (nSPS) is 10.9. The zero-order chi connectivity index (χ0) is 12.6. The second-order valence-electron chi connectivity index (χ2n) is 4.03. The molecule has 0 radical (unpaired) electrons. The van der Waals surface area contributed by atoms with Crippen molar-refractivity contribution in [2.45, 2.75) is 27.2 Å². The Kier molecular flexibility index (Phi) is 3.15. The first-order chi connectivity index (χ1) is 8.02. The molecule has 0 aromatic carbocycles. The molecule has 0 atom stereocenters. The molecule has 2 rings (SSSR count). The van der Waals surface area contributed by atoms with Crippen molar-refractivity contribution in [3.8, 4) is 11.4 Å². The lowest BCUT2D eigenvalue weighted by Gasteiger charge is -2.04. The lowest BCUT2D eigenvalue weighted by atomic mass is 10.2. The van der Waals surface area contributed by atoms with Gasteiger partial charge in [-0.25, -0.2) is 9.97 Å². The van der Waals surface area contributed by atoms with E-state index in [1.54, 1.807) is 6.07 Å². The Morgan fingerprint density at radius 2 is 2.00 bits per heavy atom. The second kappa shape index (κ2) is 4.45. The Bertz CT molecular complexity index is 560. The number of aryl methyl sites for hydroxylation is 3. The highest BCUT2D eigenvalue weighted by atomic mass is 35.5. The van der Waals surface area contributed by atoms with Gasteiger partial charge in [-0.2, -0.15) is 5.10 Å². The maximum Gasteiger partial charge on any atom is 0.164 e. The number of nitrogens with zero attached hydrogens (tertiary/aromatic N) is 4. The van der Waals surface area contributed by atoms with E-state index in [0.717, 1.165) is 29.1 Å². The largest absolute Gasteiger partial charge is 0.272 e. The number of hydrogen-bond acceptors (Lipinski definition) is 3. The minimum absolute atomic E-state index is 0.481. The van der Waals surface area contributed by atoms with Gasteiger partial charge in [0.05, 0.1) is 11.3 Å². The third kappa shape index (κ3) is 2.17. The molecule has 2 aromatic heterocycles. The minimum atomic E-state index is 0.481. The van der Waals surface area contributed by atoms with E-state index in [0.29, 0.717) is 11.0 Å². The van der Waals surface area contributed by atoms with E-state index < -0.39 is 0 Å². The van der Waals surface area contributed by atoms with E-state index in [1.165, 1.54) is 0 Å². The van der Waals surface area contributed by atoms with Crippen LogP contribution in [0.1, 0.15) is 24.0 Å². The quantitative estimate of drug-likeness (QED) is 0.770. The Labute approximate surface area is 106 Å². The smallest absolute Gasteiger partial charge is 0.164 e. The van der Waals surface area contributed by atoms with Crippen molar-refractivity contribution in [2.24, 2.45) is 7.05 Å². The fourth-order valence-corrected chi connectivity index (χ4v) is 2.06. The molecule has 0 unspecified atom stereocenters.